The van der Waals surface area contributed by atoms with Crippen molar-refractivity contribution in [2.75, 3.05) is 27.5 Å². The van der Waals surface area contributed by atoms with Crippen LogP contribution in [0.1, 0.15) is 101 Å². The summed E-state index contributed by atoms with van der Waals surface area (Å²) in [5, 5.41) is 0. The van der Waals surface area contributed by atoms with E-state index in [4.69, 9.17) is 9.47 Å². The Morgan fingerprint density at radius 1 is 0.466 bits per heavy atom. The second-order valence-corrected chi connectivity index (χ2v) is 18.7. The van der Waals surface area contributed by atoms with Crippen LogP contribution in [0.15, 0.2) is 72.8 Å². The molecule has 2 saturated carbocycles. The molecule has 0 aromatic heterocycles. The Bertz CT molecular complexity index is 1220. The molecule has 0 saturated heterocycles. The summed E-state index contributed by atoms with van der Waals surface area (Å²) in [6.07, 6.45) is 31.0. The smallest absolute Gasteiger partial charge is 0.496 e. The molecule has 2 fully saturated rings. The van der Waals surface area contributed by atoms with Gasteiger partial charge in [0.2, 0.25) is 0 Å². The van der Waals surface area contributed by atoms with Gasteiger partial charge in [-0.3, -0.25) is 0 Å². The van der Waals surface area contributed by atoms with Crippen molar-refractivity contribution in [1.82, 2.24) is 0 Å². The van der Waals surface area contributed by atoms with Crippen LogP contribution in [0.2, 0.25) is 0 Å². The Hall–Kier alpha value is -1.64. The van der Waals surface area contributed by atoms with E-state index in [2.05, 4.69) is 86.2 Å². The normalized spacial score (nSPS) is 17.0. The van der Waals surface area contributed by atoms with Gasteiger partial charge in [0.05, 0.1) is 14.2 Å². The molecular weight excluding hydrogens is 914 g/mol. The van der Waals surface area contributed by atoms with Crippen LogP contribution < -0.4 is 9.47 Å². The minimum absolute atomic E-state index is 0. The van der Waals surface area contributed by atoms with E-state index in [0.717, 1.165) is 22.8 Å². The fourth-order valence-corrected chi connectivity index (χ4v) is 11.0. The third-order valence-electron chi connectivity index (χ3n) is 8.95. The first-order valence-electron chi connectivity index (χ1n) is 19.2. The van der Waals surface area contributed by atoms with Gasteiger partial charge in [-0.1, -0.05) is 99.2 Å². The van der Waals surface area contributed by atoms with E-state index in [0.29, 0.717) is 0 Å². The van der Waals surface area contributed by atoms with E-state index >= 15 is 0 Å². The van der Waals surface area contributed by atoms with Crippen molar-refractivity contribution in [3.63, 3.8) is 0 Å². The maximum absolute atomic E-state index is 9.75. The molecule has 0 heterocycles. The van der Waals surface area contributed by atoms with Crippen molar-refractivity contribution in [3.05, 3.63) is 84.0 Å². The molecule has 0 aliphatic heterocycles. The van der Waals surface area contributed by atoms with Crippen LogP contribution in [0.25, 0.3) is 0 Å². The molecule has 58 heavy (non-hydrogen) atoms. The summed E-state index contributed by atoms with van der Waals surface area (Å²) in [6.45, 7) is 4.94. The average Bonchev–Trinajstić information content (AvgIpc) is 3.11. The van der Waals surface area contributed by atoms with E-state index in [9.17, 15) is 51.8 Å². The molecule has 334 valence electrons. The SMILES string of the molecule is C1=CCCC=CCC1.COc1ccccc1CP(C)C1CCCCC1.COc1ccccc1CP(C)C1CCCCC1.F[B-](F)(F)F.F[B-](F)(F)F.F[B-](F)(F)F.[Rh+3]. The number of rotatable bonds is 8. The van der Waals surface area contributed by atoms with Gasteiger partial charge in [-0.15, -0.1) is 15.8 Å². The summed E-state index contributed by atoms with van der Waals surface area (Å²) in [5.41, 5.74) is 4.77. The zero-order chi connectivity index (χ0) is 43.3. The monoisotopic (exact) mass is 972 g/mol. The molecule has 0 amide bonds. The molecule has 2 nitrogen and oxygen atoms in total. The molecule has 0 bridgehead atoms. The first-order valence-corrected chi connectivity index (χ1v) is 23.3. The minimum Gasteiger partial charge on any atom is -0.496 e. The number of para-hydroxylation sites is 2. The van der Waals surface area contributed by atoms with Crippen LogP contribution >= 0.6 is 15.8 Å². The number of ether oxygens (including phenoxy) is 2. The largest absolute Gasteiger partial charge is 3.00 e. The molecule has 5 rings (SSSR count). The Kier molecular flexibility index (Phi) is 33.3. The van der Waals surface area contributed by atoms with Gasteiger partial charge < -0.3 is 61.3 Å². The van der Waals surface area contributed by atoms with E-state index in [1.165, 1.54) is 113 Å². The van der Waals surface area contributed by atoms with E-state index in [1.807, 2.05) is 0 Å². The van der Waals surface area contributed by atoms with Gasteiger partial charge in [-0.25, -0.2) is 0 Å². The Balaban J connectivity index is 0. The molecule has 0 N–H and O–H groups in total. The van der Waals surface area contributed by atoms with E-state index in [-0.39, 0.29) is 35.3 Å². The minimum atomic E-state index is -6.00. The fourth-order valence-electron chi connectivity index (χ4n) is 6.36. The number of halogens is 12. The topological polar surface area (TPSA) is 18.5 Å². The molecule has 2 aromatic carbocycles. The molecule has 0 spiro atoms. The number of hydrogen-bond acceptors (Lipinski definition) is 2. The number of benzene rings is 2. The first kappa shape index (κ1) is 58.5. The van der Waals surface area contributed by atoms with Crippen molar-refractivity contribution in [3.8, 4) is 11.5 Å². The summed E-state index contributed by atoms with van der Waals surface area (Å²) in [4.78, 5) is 0. The van der Waals surface area contributed by atoms with Crippen molar-refractivity contribution < 1.29 is 80.7 Å². The van der Waals surface area contributed by atoms with Crippen molar-refractivity contribution in [2.24, 2.45) is 0 Å². The standard InChI is InChI=1S/2C15H23OP.C8H12.3BF4.Rh/c2*1-16-15-11-7-6-8-13(15)12-17(2)14-9-4-3-5-10-14;1-2-4-6-8-7-5-3-1;3*2-1(3,4)5;/h2*6-8,11,14H,3-5,9-10,12H2,1-2H3;1-2,7-8H,3-6H2;;;;/q;;;3*-1;+3. The number of methoxy groups -OCH3 is 2. The predicted molar refractivity (Wildman–Crippen MR) is 220 cm³/mol. The van der Waals surface area contributed by atoms with Crippen molar-refractivity contribution >= 4 is 37.6 Å². The Labute approximate surface area is 353 Å². The molecule has 2 atom stereocenters. The molecule has 2 unspecified atom stereocenters. The number of allylic oxidation sites excluding steroid dienone is 4. The third kappa shape index (κ3) is 37.4. The summed E-state index contributed by atoms with van der Waals surface area (Å²) in [6, 6.07) is 17.0. The maximum atomic E-state index is 9.75. The molecule has 0 radical (unpaired) electrons. The van der Waals surface area contributed by atoms with Crippen LogP contribution in [-0.4, -0.2) is 60.6 Å². The molecule has 2 aromatic rings. The van der Waals surface area contributed by atoms with Crippen LogP contribution in [0, 0.1) is 0 Å². The third-order valence-corrected chi connectivity index (χ3v) is 14.2. The summed E-state index contributed by atoms with van der Waals surface area (Å²) < 4.78 is 128. The predicted octanol–water partition coefficient (Wildman–Crippen LogP) is 15.8. The van der Waals surface area contributed by atoms with Gasteiger partial charge in [0.15, 0.2) is 0 Å². The number of hydrogen-bond donors (Lipinski definition) is 0. The zero-order valence-electron chi connectivity index (χ0n) is 33.7. The molecular formula is C38H58B3F12O2P2Rh. The molecule has 20 heteroatoms. The van der Waals surface area contributed by atoms with Gasteiger partial charge in [0.25, 0.3) is 0 Å². The van der Waals surface area contributed by atoms with Gasteiger partial charge >= 0.3 is 41.2 Å². The van der Waals surface area contributed by atoms with Crippen LogP contribution in [0.5, 0.6) is 11.5 Å². The van der Waals surface area contributed by atoms with Gasteiger partial charge in [0.1, 0.15) is 11.5 Å². The van der Waals surface area contributed by atoms with Crippen molar-refractivity contribution in [1.29, 1.82) is 0 Å². The molecule has 3 aliphatic rings. The van der Waals surface area contributed by atoms with Gasteiger partial charge in [0, 0.05) is 0 Å². The Morgan fingerprint density at radius 2 is 0.707 bits per heavy atom. The summed E-state index contributed by atoms with van der Waals surface area (Å²) >= 11 is 0. The van der Waals surface area contributed by atoms with E-state index in [1.54, 1.807) is 14.2 Å². The van der Waals surface area contributed by atoms with Crippen LogP contribution in [-0.2, 0) is 31.8 Å². The Morgan fingerprint density at radius 3 is 0.948 bits per heavy atom. The second-order valence-electron chi connectivity index (χ2n) is 13.6. The van der Waals surface area contributed by atoms with Crippen molar-refractivity contribution in [2.45, 2.75) is 114 Å². The summed E-state index contributed by atoms with van der Waals surface area (Å²) in [7, 11) is -14.2. The van der Waals surface area contributed by atoms with Gasteiger partial charge in [-0.2, -0.15) is 0 Å². The average molecular weight is 972 g/mol. The van der Waals surface area contributed by atoms with Crippen LogP contribution in [0.4, 0.5) is 51.8 Å². The quantitative estimate of drug-likeness (QED) is 0.114. The fraction of sp³-hybridized carbons (Fsp3) is 0.579. The molecule has 3 aliphatic carbocycles. The second kappa shape index (κ2) is 33.0. The summed E-state index contributed by atoms with van der Waals surface area (Å²) in [5.74, 6) is 2.13. The van der Waals surface area contributed by atoms with Gasteiger partial charge in [-0.05, 0) is 112 Å². The first-order chi connectivity index (χ1) is 26.6. The maximum Gasteiger partial charge on any atom is 3.00 e. The van der Waals surface area contributed by atoms with Crippen LogP contribution in [0.3, 0.4) is 0 Å². The van der Waals surface area contributed by atoms with E-state index < -0.39 is 21.8 Å². The zero-order valence-corrected chi connectivity index (χ0v) is 37.1.